The lowest BCUT2D eigenvalue weighted by molar-refractivity contribution is 0.312. The van der Waals surface area contributed by atoms with Crippen molar-refractivity contribution in [2.75, 3.05) is 13.6 Å². The van der Waals surface area contributed by atoms with Crippen molar-refractivity contribution < 1.29 is 0 Å². The lowest BCUT2D eigenvalue weighted by atomic mass is 10.0. The molecule has 1 aliphatic heterocycles. The highest BCUT2D eigenvalue weighted by atomic mass is 32.2. The van der Waals surface area contributed by atoms with Gasteiger partial charge in [-0.3, -0.25) is 3.97 Å². The highest BCUT2D eigenvalue weighted by molar-refractivity contribution is 8.02. The third kappa shape index (κ3) is 2.79. The topological polar surface area (TPSA) is 8.17 Å². The van der Waals surface area contributed by atoms with Gasteiger partial charge < -0.3 is 4.90 Å². The van der Waals surface area contributed by atoms with Crippen molar-refractivity contribution in [1.82, 2.24) is 8.87 Å². The number of likely N-dealkylation sites (N-methyl/N-ethyl adjacent to an activating group) is 1. The molecule has 0 spiro atoms. The molecule has 1 aromatic carbocycles. The van der Waals surface area contributed by atoms with E-state index in [0.717, 1.165) is 25.9 Å². The normalized spacial score (nSPS) is 18.1. The summed E-state index contributed by atoms with van der Waals surface area (Å²) in [7, 11) is 2.22. The van der Waals surface area contributed by atoms with Crippen LogP contribution in [-0.4, -0.2) is 22.5 Å². The molecule has 1 aliphatic carbocycles. The second kappa shape index (κ2) is 6.06. The van der Waals surface area contributed by atoms with E-state index < -0.39 is 0 Å². The molecule has 0 amide bonds. The summed E-state index contributed by atoms with van der Waals surface area (Å²) in [4.78, 5) is 3.75. The predicted octanol–water partition coefficient (Wildman–Crippen LogP) is 4.83. The Morgan fingerprint density at radius 2 is 2.09 bits per heavy atom. The van der Waals surface area contributed by atoms with Gasteiger partial charge in [-0.1, -0.05) is 35.9 Å². The predicted molar refractivity (Wildman–Crippen MR) is 101 cm³/mol. The number of fused-ring (bicyclic) bond motifs is 3. The molecular formula is C20H22N2S. The molecule has 0 atom stereocenters. The Bertz CT molecular complexity index is 839. The van der Waals surface area contributed by atoms with E-state index in [1.54, 1.807) is 0 Å². The molecule has 0 radical (unpaired) electrons. The van der Waals surface area contributed by atoms with Gasteiger partial charge in [0.1, 0.15) is 0 Å². The zero-order valence-corrected chi connectivity index (χ0v) is 14.6. The molecule has 118 valence electrons. The number of aromatic nitrogens is 1. The summed E-state index contributed by atoms with van der Waals surface area (Å²) in [5, 5.41) is 1.43. The van der Waals surface area contributed by atoms with Gasteiger partial charge in [-0.05, 0) is 56.1 Å². The average molecular weight is 322 g/mol. The van der Waals surface area contributed by atoms with Crippen LogP contribution >= 0.6 is 11.9 Å². The Morgan fingerprint density at radius 3 is 3.00 bits per heavy atom. The summed E-state index contributed by atoms with van der Waals surface area (Å²) in [5.41, 5.74) is 5.71. The first kappa shape index (κ1) is 14.9. The quantitative estimate of drug-likeness (QED) is 0.782. The SMILES string of the molecule is Cc1ccc2c(c1)c1c(n2SC2=CCC=CC=C2)CCN(C)C1. The molecule has 0 saturated heterocycles. The molecule has 2 aliphatic rings. The van der Waals surface area contributed by atoms with E-state index in [1.807, 2.05) is 11.9 Å². The Kier molecular flexibility index (Phi) is 3.92. The van der Waals surface area contributed by atoms with Gasteiger partial charge in [-0.2, -0.15) is 0 Å². The van der Waals surface area contributed by atoms with Crippen molar-refractivity contribution in [1.29, 1.82) is 0 Å². The standard InChI is InChI=1S/C20H22N2S/c1-15-9-10-19-17(13-15)18-14-21(2)12-11-20(18)22(19)23-16-7-5-3-4-6-8-16/h3-5,7-10,13H,6,11-12,14H2,1-2H3. The van der Waals surface area contributed by atoms with Crippen molar-refractivity contribution in [3.8, 4) is 0 Å². The Hall–Kier alpha value is -1.71. The van der Waals surface area contributed by atoms with E-state index in [9.17, 15) is 0 Å². The van der Waals surface area contributed by atoms with Gasteiger partial charge in [-0.25, -0.2) is 0 Å². The van der Waals surface area contributed by atoms with Crippen LogP contribution in [0, 0.1) is 6.92 Å². The van der Waals surface area contributed by atoms with Crippen molar-refractivity contribution in [2.24, 2.45) is 0 Å². The zero-order chi connectivity index (χ0) is 15.8. The van der Waals surface area contributed by atoms with Crippen LogP contribution in [0.5, 0.6) is 0 Å². The molecule has 4 rings (SSSR count). The fourth-order valence-corrected chi connectivity index (χ4v) is 4.49. The lowest BCUT2D eigenvalue weighted by Crippen LogP contribution is -2.26. The van der Waals surface area contributed by atoms with Crippen LogP contribution in [0.15, 0.2) is 53.5 Å². The highest BCUT2D eigenvalue weighted by Crippen LogP contribution is 2.37. The van der Waals surface area contributed by atoms with E-state index in [-0.39, 0.29) is 0 Å². The second-order valence-electron chi connectivity index (χ2n) is 6.45. The van der Waals surface area contributed by atoms with E-state index >= 15 is 0 Å². The molecule has 2 heterocycles. The van der Waals surface area contributed by atoms with Gasteiger partial charge in [0.15, 0.2) is 0 Å². The molecule has 2 nitrogen and oxygen atoms in total. The number of rotatable bonds is 2. The zero-order valence-electron chi connectivity index (χ0n) is 13.7. The molecule has 23 heavy (non-hydrogen) atoms. The number of benzene rings is 1. The van der Waals surface area contributed by atoms with Crippen molar-refractivity contribution in [3.05, 3.63) is 70.3 Å². The summed E-state index contributed by atoms with van der Waals surface area (Å²) in [6, 6.07) is 6.87. The van der Waals surface area contributed by atoms with Gasteiger partial charge >= 0.3 is 0 Å². The number of aryl methyl sites for hydroxylation is 1. The van der Waals surface area contributed by atoms with Gasteiger partial charge in [-0.15, -0.1) is 0 Å². The number of hydrogen-bond donors (Lipinski definition) is 0. The van der Waals surface area contributed by atoms with Crippen molar-refractivity contribution >= 4 is 22.9 Å². The maximum absolute atomic E-state index is 2.47. The summed E-state index contributed by atoms with van der Waals surface area (Å²) in [6.07, 6.45) is 13.1. The molecule has 0 N–H and O–H groups in total. The fraction of sp³-hybridized carbons (Fsp3) is 0.300. The van der Waals surface area contributed by atoms with E-state index in [1.165, 1.54) is 32.6 Å². The highest BCUT2D eigenvalue weighted by Gasteiger charge is 2.23. The average Bonchev–Trinajstić information content (AvgIpc) is 2.70. The van der Waals surface area contributed by atoms with Gasteiger partial charge in [0, 0.05) is 35.5 Å². The molecule has 0 bridgehead atoms. The fourth-order valence-electron chi connectivity index (χ4n) is 3.40. The molecule has 0 saturated carbocycles. The minimum absolute atomic E-state index is 1.01. The smallest absolute Gasteiger partial charge is 0.0601 e. The third-order valence-corrected chi connectivity index (χ3v) is 5.72. The van der Waals surface area contributed by atoms with Crippen LogP contribution in [0.4, 0.5) is 0 Å². The molecule has 1 aromatic heterocycles. The monoisotopic (exact) mass is 322 g/mol. The summed E-state index contributed by atoms with van der Waals surface area (Å²) < 4.78 is 2.47. The van der Waals surface area contributed by atoms with Crippen LogP contribution in [-0.2, 0) is 13.0 Å². The number of nitrogens with zero attached hydrogens (tertiary/aromatic N) is 2. The van der Waals surface area contributed by atoms with Crippen LogP contribution in [0.2, 0.25) is 0 Å². The summed E-state index contributed by atoms with van der Waals surface area (Å²) >= 11 is 1.87. The molecule has 0 fully saturated rings. The van der Waals surface area contributed by atoms with Crippen molar-refractivity contribution in [3.63, 3.8) is 0 Å². The summed E-state index contributed by atoms with van der Waals surface area (Å²) in [5.74, 6) is 0. The van der Waals surface area contributed by atoms with Gasteiger partial charge in [0.2, 0.25) is 0 Å². The minimum Gasteiger partial charge on any atom is -0.302 e. The Labute approximate surface area is 142 Å². The molecule has 2 aromatic rings. The van der Waals surface area contributed by atoms with Crippen LogP contribution in [0.1, 0.15) is 23.2 Å². The second-order valence-corrected chi connectivity index (χ2v) is 7.47. The Morgan fingerprint density at radius 1 is 1.17 bits per heavy atom. The maximum Gasteiger partial charge on any atom is 0.0601 e. The minimum atomic E-state index is 1.01. The first-order valence-electron chi connectivity index (χ1n) is 8.25. The van der Waals surface area contributed by atoms with Crippen molar-refractivity contribution in [2.45, 2.75) is 26.3 Å². The van der Waals surface area contributed by atoms with Crippen LogP contribution in [0.25, 0.3) is 10.9 Å². The van der Waals surface area contributed by atoms with Gasteiger partial charge in [0.05, 0.1) is 5.52 Å². The summed E-state index contributed by atoms with van der Waals surface area (Å²) in [6.45, 7) is 4.38. The molecular weight excluding hydrogens is 300 g/mol. The molecule has 3 heteroatoms. The Balaban J connectivity index is 1.84. The number of allylic oxidation sites excluding steroid dienone is 5. The number of hydrogen-bond acceptors (Lipinski definition) is 2. The van der Waals surface area contributed by atoms with E-state index in [2.05, 4.69) is 71.4 Å². The third-order valence-electron chi connectivity index (χ3n) is 4.61. The maximum atomic E-state index is 2.47. The van der Waals surface area contributed by atoms with E-state index in [0.29, 0.717) is 0 Å². The van der Waals surface area contributed by atoms with Crippen LogP contribution in [0.3, 0.4) is 0 Å². The largest absolute Gasteiger partial charge is 0.302 e. The van der Waals surface area contributed by atoms with Gasteiger partial charge in [0.25, 0.3) is 0 Å². The van der Waals surface area contributed by atoms with Crippen LogP contribution < -0.4 is 0 Å². The van der Waals surface area contributed by atoms with E-state index in [4.69, 9.17) is 0 Å². The lowest BCUT2D eigenvalue weighted by Gasteiger charge is -2.24. The first-order chi connectivity index (χ1) is 11.2. The molecule has 0 unspecified atom stereocenters. The first-order valence-corrected chi connectivity index (χ1v) is 9.03.